The van der Waals surface area contributed by atoms with Crippen LogP contribution >= 0.6 is 23.4 Å². The second kappa shape index (κ2) is 19.3. The molecule has 0 aliphatic carbocycles. The van der Waals surface area contributed by atoms with E-state index in [1.165, 1.54) is 23.3 Å². The van der Waals surface area contributed by atoms with Gasteiger partial charge in [-0.2, -0.15) is 13.2 Å². The van der Waals surface area contributed by atoms with Crippen molar-refractivity contribution in [3.8, 4) is 11.1 Å². The molecule has 0 unspecified atom stereocenters. The second-order valence-electron chi connectivity index (χ2n) is 13.9. The number of hydrogen-bond donors (Lipinski definition) is 3. The van der Waals surface area contributed by atoms with Gasteiger partial charge < -0.3 is 15.5 Å². The van der Waals surface area contributed by atoms with E-state index in [-0.39, 0.29) is 23.0 Å². The lowest BCUT2D eigenvalue weighted by Gasteiger charge is -2.36. The van der Waals surface area contributed by atoms with Crippen molar-refractivity contribution < 1.29 is 26.4 Å². The van der Waals surface area contributed by atoms with Gasteiger partial charge in [0.2, 0.25) is 0 Å². The molecule has 1 amide bonds. The summed E-state index contributed by atoms with van der Waals surface area (Å²) in [7, 11) is -4.21. The summed E-state index contributed by atoms with van der Waals surface area (Å²) in [6.07, 6.45) is -3.90. The number of halogens is 4. The SMILES string of the molecule is Cc1cc(S(=O)(=O)NC(=O)c2ccc(N3CCN(Cc4ccccc4-c4ccc(Cl)cc4)CC3)cc2)ccc1N[C@H](CCNCC(F)(F)F)CSc1ccccc1. The molecule has 1 atom stereocenters. The molecule has 0 radical (unpaired) electrons. The molecule has 3 N–H and O–H groups in total. The van der Waals surface area contributed by atoms with Crippen molar-refractivity contribution in [2.45, 2.75) is 41.9 Å². The number of anilines is 2. The number of carbonyl (C=O) groups is 1. The first kappa shape index (κ1) is 42.1. The molecule has 0 aromatic heterocycles. The van der Waals surface area contributed by atoms with Gasteiger partial charge in [-0.15, -0.1) is 11.8 Å². The van der Waals surface area contributed by atoms with E-state index in [1.807, 2.05) is 72.8 Å². The average molecular weight is 836 g/mol. The third-order valence-electron chi connectivity index (χ3n) is 9.72. The van der Waals surface area contributed by atoms with Crippen molar-refractivity contribution in [2.75, 3.05) is 55.2 Å². The van der Waals surface area contributed by atoms with Crippen LogP contribution in [0.25, 0.3) is 11.1 Å². The molecule has 1 heterocycles. The van der Waals surface area contributed by atoms with E-state index >= 15 is 0 Å². The topological polar surface area (TPSA) is 93.8 Å². The van der Waals surface area contributed by atoms with Crippen molar-refractivity contribution in [3.05, 3.63) is 143 Å². The Morgan fingerprint density at radius 3 is 2.23 bits per heavy atom. The normalized spacial score (nSPS) is 14.3. The van der Waals surface area contributed by atoms with E-state index in [0.717, 1.165) is 48.9 Å². The molecule has 0 bridgehead atoms. The number of aryl methyl sites for hydroxylation is 1. The van der Waals surface area contributed by atoms with Crippen LogP contribution in [-0.4, -0.2) is 76.5 Å². The van der Waals surface area contributed by atoms with Crippen LogP contribution in [0.3, 0.4) is 0 Å². The molecule has 5 aromatic rings. The molecule has 57 heavy (non-hydrogen) atoms. The highest BCUT2D eigenvalue weighted by Gasteiger charge is 2.26. The molecule has 1 aliphatic rings. The highest BCUT2D eigenvalue weighted by molar-refractivity contribution is 7.99. The first-order chi connectivity index (χ1) is 27.3. The molecule has 6 rings (SSSR count). The lowest BCUT2D eigenvalue weighted by Crippen LogP contribution is -2.46. The van der Waals surface area contributed by atoms with Crippen molar-refractivity contribution in [2.24, 2.45) is 0 Å². The minimum Gasteiger partial charge on any atom is -0.381 e. The summed E-state index contributed by atoms with van der Waals surface area (Å²) >= 11 is 7.69. The highest BCUT2D eigenvalue weighted by atomic mass is 35.5. The largest absolute Gasteiger partial charge is 0.401 e. The van der Waals surface area contributed by atoms with Gasteiger partial charge in [-0.1, -0.05) is 66.2 Å². The number of alkyl halides is 3. The Kier molecular flexibility index (Phi) is 14.2. The molecule has 0 spiro atoms. The van der Waals surface area contributed by atoms with Crippen LogP contribution in [0.4, 0.5) is 24.5 Å². The van der Waals surface area contributed by atoms with Gasteiger partial charge in [-0.05, 0) is 109 Å². The summed E-state index contributed by atoms with van der Waals surface area (Å²) in [6.45, 7) is 4.94. The van der Waals surface area contributed by atoms with Crippen LogP contribution in [0.15, 0.2) is 131 Å². The maximum Gasteiger partial charge on any atom is 0.401 e. The van der Waals surface area contributed by atoms with E-state index in [4.69, 9.17) is 11.6 Å². The Bertz CT molecular complexity index is 2200. The zero-order chi connectivity index (χ0) is 40.4. The molecule has 300 valence electrons. The Morgan fingerprint density at radius 2 is 1.54 bits per heavy atom. The van der Waals surface area contributed by atoms with E-state index < -0.39 is 28.7 Å². The van der Waals surface area contributed by atoms with Crippen molar-refractivity contribution in [3.63, 3.8) is 0 Å². The summed E-state index contributed by atoms with van der Waals surface area (Å²) in [5, 5.41) is 6.54. The van der Waals surface area contributed by atoms with Crippen LogP contribution in [-0.2, 0) is 16.6 Å². The number of piperazine rings is 1. The lowest BCUT2D eigenvalue weighted by molar-refractivity contribution is -0.124. The molecular formula is C43H45ClF3N5O3S2. The summed E-state index contributed by atoms with van der Waals surface area (Å²) in [5.74, 6) is -0.168. The van der Waals surface area contributed by atoms with Gasteiger partial charge in [-0.3, -0.25) is 9.69 Å². The van der Waals surface area contributed by atoms with Crippen LogP contribution in [0.1, 0.15) is 27.9 Å². The number of carbonyl (C=O) groups excluding carboxylic acids is 1. The quantitative estimate of drug-likeness (QED) is 0.0671. The Balaban J connectivity index is 1.02. The fourth-order valence-electron chi connectivity index (χ4n) is 6.64. The fourth-order valence-corrected chi connectivity index (χ4v) is 8.82. The van der Waals surface area contributed by atoms with Gasteiger partial charge in [0, 0.05) is 71.4 Å². The summed E-state index contributed by atoms with van der Waals surface area (Å²) < 4.78 is 67.0. The van der Waals surface area contributed by atoms with E-state index in [0.29, 0.717) is 28.4 Å². The molecule has 8 nitrogen and oxygen atoms in total. The van der Waals surface area contributed by atoms with E-state index in [9.17, 15) is 26.4 Å². The Hall–Kier alpha value is -4.53. The predicted molar refractivity (Wildman–Crippen MR) is 225 cm³/mol. The summed E-state index contributed by atoms with van der Waals surface area (Å²) in [6, 6.07) is 37.2. The lowest BCUT2D eigenvalue weighted by atomic mass is 9.99. The van der Waals surface area contributed by atoms with Gasteiger partial charge in [0.25, 0.3) is 15.9 Å². The zero-order valence-electron chi connectivity index (χ0n) is 31.4. The van der Waals surface area contributed by atoms with Crippen LogP contribution in [0.5, 0.6) is 0 Å². The number of hydrogen-bond acceptors (Lipinski definition) is 8. The maximum atomic E-state index is 13.3. The minimum atomic E-state index is -4.30. The number of sulfonamides is 1. The standard InChI is InChI=1S/C43H45ClF3N5O3S2/c1-31-27-39(19-20-41(31)49-36(21-22-48-30-43(45,46)47)29-56-38-8-3-2-4-9-38)57(54,55)50-42(53)33-13-17-37(18-14-33)52-25-23-51(24-26-52)28-34-7-5-6-10-40(34)32-11-15-35(44)16-12-32/h2-20,27,36,48-49H,21-26,28-30H2,1H3,(H,50,53)/t36-/m1/s1. The van der Waals surface area contributed by atoms with Crippen LogP contribution < -0.4 is 20.3 Å². The molecule has 1 saturated heterocycles. The molecule has 1 aliphatic heterocycles. The number of thioether (sulfide) groups is 1. The summed E-state index contributed by atoms with van der Waals surface area (Å²) in [4.78, 5) is 18.8. The number of benzene rings is 5. The van der Waals surface area contributed by atoms with Crippen molar-refractivity contribution >= 4 is 50.7 Å². The predicted octanol–water partition coefficient (Wildman–Crippen LogP) is 8.87. The zero-order valence-corrected chi connectivity index (χ0v) is 33.8. The van der Waals surface area contributed by atoms with Gasteiger partial charge in [-0.25, -0.2) is 13.1 Å². The van der Waals surface area contributed by atoms with Crippen LogP contribution in [0.2, 0.25) is 5.02 Å². The number of nitrogens with zero attached hydrogens (tertiary/aromatic N) is 2. The smallest absolute Gasteiger partial charge is 0.381 e. The van der Waals surface area contributed by atoms with Gasteiger partial charge in [0.15, 0.2) is 0 Å². The molecule has 14 heteroatoms. The first-order valence-electron chi connectivity index (χ1n) is 18.6. The minimum absolute atomic E-state index is 0.0776. The number of nitrogens with one attached hydrogen (secondary N) is 3. The second-order valence-corrected chi connectivity index (χ2v) is 17.1. The third kappa shape index (κ3) is 12.2. The maximum absolute atomic E-state index is 13.3. The van der Waals surface area contributed by atoms with Crippen molar-refractivity contribution in [1.29, 1.82) is 0 Å². The van der Waals surface area contributed by atoms with E-state index in [2.05, 4.69) is 43.4 Å². The van der Waals surface area contributed by atoms with Crippen LogP contribution in [0, 0.1) is 6.92 Å². The Labute approximate surface area is 341 Å². The molecule has 5 aromatic carbocycles. The van der Waals surface area contributed by atoms with E-state index in [1.54, 1.807) is 36.9 Å². The molecular weight excluding hydrogens is 791 g/mol. The van der Waals surface area contributed by atoms with Crippen molar-refractivity contribution in [1.82, 2.24) is 14.9 Å². The highest BCUT2D eigenvalue weighted by Crippen LogP contribution is 2.28. The molecule has 1 fully saturated rings. The van der Waals surface area contributed by atoms with Gasteiger partial charge >= 0.3 is 6.18 Å². The fraction of sp³-hybridized carbons (Fsp3) is 0.279. The average Bonchev–Trinajstić information content (AvgIpc) is 3.20. The Morgan fingerprint density at radius 1 is 0.860 bits per heavy atom. The monoisotopic (exact) mass is 835 g/mol. The number of rotatable bonds is 16. The van der Waals surface area contributed by atoms with Gasteiger partial charge in [0.1, 0.15) is 0 Å². The molecule has 0 saturated carbocycles. The third-order valence-corrected chi connectivity index (χ3v) is 12.5. The first-order valence-corrected chi connectivity index (χ1v) is 21.5. The number of amides is 1. The van der Waals surface area contributed by atoms with Gasteiger partial charge in [0.05, 0.1) is 11.4 Å². The summed E-state index contributed by atoms with van der Waals surface area (Å²) in [5.41, 5.74) is 5.98.